The highest BCUT2D eigenvalue weighted by Gasteiger charge is 2.07. The minimum Gasteiger partial charge on any atom is -0.340 e. The van der Waals surface area contributed by atoms with Crippen molar-refractivity contribution in [2.24, 2.45) is 0 Å². The Hall–Kier alpha value is -3.80. The van der Waals surface area contributed by atoms with Gasteiger partial charge in [0.25, 0.3) is 0 Å². The van der Waals surface area contributed by atoms with Crippen LogP contribution in [-0.4, -0.2) is 20.9 Å². The summed E-state index contributed by atoms with van der Waals surface area (Å²) in [7, 11) is 0. The largest absolute Gasteiger partial charge is 0.340 e. The van der Waals surface area contributed by atoms with Crippen LogP contribution in [0.1, 0.15) is 6.92 Å². The standard InChI is InChI=1S/C21H17N5O/c1-2-4-20(27)25-16-7-9-19-17(12-16)21(24-13-23-19)26-15-6-8-18-14(11-15)5-3-10-22-18/h2-13H,1H3,(H,25,27)(H,23,24,26). The van der Waals surface area contributed by atoms with Gasteiger partial charge in [0.1, 0.15) is 12.1 Å². The van der Waals surface area contributed by atoms with Crippen molar-refractivity contribution in [2.45, 2.75) is 6.92 Å². The molecule has 0 fully saturated rings. The molecule has 6 nitrogen and oxygen atoms in total. The lowest BCUT2D eigenvalue weighted by Gasteiger charge is -2.10. The molecule has 0 unspecified atom stereocenters. The number of hydrogen-bond donors (Lipinski definition) is 2. The molecule has 2 N–H and O–H groups in total. The van der Waals surface area contributed by atoms with Crippen molar-refractivity contribution in [3.05, 3.63) is 73.2 Å². The van der Waals surface area contributed by atoms with Gasteiger partial charge in [0, 0.05) is 28.3 Å². The van der Waals surface area contributed by atoms with Crippen molar-refractivity contribution in [3.8, 4) is 0 Å². The van der Waals surface area contributed by atoms with Crippen molar-refractivity contribution in [1.82, 2.24) is 15.0 Å². The van der Waals surface area contributed by atoms with Gasteiger partial charge in [-0.15, -0.1) is 0 Å². The van der Waals surface area contributed by atoms with Crippen LogP contribution in [0.15, 0.2) is 73.2 Å². The zero-order chi connectivity index (χ0) is 18.6. The van der Waals surface area contributed by atoms with Gasteiger partial charge in [0.05, 0.1) is 11.0 Å². The van der Waals surface area contributed by atoms with Gasteiger partial charge in [0.2, 0.25) is 5.91 Å². The Morgan fingerprint density at radius 3 is 2.70 bits per heavy atom. The molecular weight excluding hydrogens is 338 g/mol. The number of rotatable bonds is 4. The monoisotopic (exact) mass is 355 g/mol. The Labute approximate surface area is 156 Å². The summed E-state index contributed by atoms with van der Waals surface area (Å²) in [6, 6.07) is 15.4. The highest BCUT2D eigenvalue weighted by molar-refractivity contribution is 6.02. The summed E-state index contributed by atoms with van der Waals surface area (Å²) in [5, 5.41) is 8.04. The van der Waals surface area contributed by atoms with Gasteiger partial charge in [-0.25, -0.2) is 9.97 Å². The molecule has 2 aromatic carbocycles. The third kappa shape index (κ3) is 3.59. The van der Waals surface area contributed by atoms with Gasteiger partial charge in [-0.1, -0.05) is 12.1 Å². The van der Waals surface area contributed by atoms with Gasteiger partial charge < -0.3 is 10.6 Å². The first kappa shape index (κ1) is 16.7. The number of carbonyl (C=O) groups excluding carboxylic acids is 1. The summed E-state index contributed by atoms with van der Waals surface area (Å²) in [5.74, 6) is 0.496. The first-order chi connectivity index (χ1) is 13.2. The van der Waals surface area contributed by atoms with Gasteiger partial charge in [-0.3, -0.25) is 9.78 Å². The van der Waals surface area contributed by atoms with Crippen LogP contribution in [0.4, 0.5) is 17.2 Å². The zero-order valence-corrected chi connectivity index (χ0v) is 14.7. The molecule has 0 radical (unpaired) electrons. The number of aromatic nitrogens is 3. The van der Waals surface area contributed by atoms with Crippen LogP contribution in [0.5, 0.6) is 0 Å². The van der Waals surface area contributed by atoms with Crippen LogP contribution < -0.4 is 10.6 Å². The maximum absolute atomic E-state index is 11.8. The minimum atomic E-state index is -0.176. The first-order valence-corrected chi connectivity index (χ1v) is 8.53. The average molecular weight is 355 g/mol. The fourth-order valence-electron chi connectivity index (χ4n) is 2.86. The van der Waals surface area contributed by atoms with E-state index in [0.717, 1.165) is 27.5 Å². The fraction of sp³-hybridized carbons (Fsp3) is 0.0476. The number of benzene rings is 2. The number of hydrogen-bond acceptors (Lipinski definition) is 5. The van der Waals surface area contributed by atoms with E-state index in [1.54, 1.807) is 19.2 Å². The summed E-state index contributed by atoms with van der Waals surface area (Å²) in [4.78, 5) is 24.8. The number of fused-ring (bicyclic) bond motifs is 2. The number of nitrogens with one attached hydrogen (secondary N) is 2. The van der Waals surface area contributed by atoms with E-state index in [1.807, 2.05) is 48.5 Å². The normalized spacial score (nSPS) is 11.1. The minimum absolute atomic E-state index is 0.176. The highest BCUT2D eigenvalue weighted by atomic mass is 16.1. The quantitative estimate of drug-likeness (QED) is 0.529. The van der Waals surface area contributed by atoms with E-state index in [0.29, 0.717) is 11.5 Å². The molecule has 2 aromatic heterocycles. The maximum atomic E-state index is 11.8. The predicted octanol–water partition coefficient (Wildman–Crippen LogP) is 4.44. The Morgan fingerprint density at radius 1 is 0.963 bits per heavy atom. The highest BCUT2D eigenvalue weighted by Crippen LogP contribution is 2.27. The van der Waals surface area contributed by atoms with Crippen molar-refractivity contribution < 1.29 is 4.79 Å². The Kier molecular flexibility index (Phi) is 4.45. The van der Waals surface area contributed by atoms with E-state index in [2.05, 4.69) is 25.6 Å². The Balaban J connectivity index is 1.70. The molecule has 0 aliphatic heterocycles. The molecule has 2 heterocycles. The number of nitrogens with zero attached hydrogens (tertiary/aromatic N) is 3. The zero-order valence-electron chi connectivity index (χ0n) is 14.7. The summed E-state index contributed by atoms with van der Waals surface area (Å²) >= 11 is 0. The van der Waals surface area contributed by atoms with Gasteiger partial charge in [-0.2, -0.15) is 0 Å². The summed E-state index contributed by atoms with van der Waals surface area (Å²) in [6.45, 7) is 1.80. The van der Waals surface area contributed by atoms with E-state index < -0.39 is 0 Å². The Morgan fingerprint density at radius 2 is 1.81 bits per heavy atom. The van der Waals surface area contributed by atoms with E-state index in [-0.39, 0.29) is 5.91 Å². The van der Waals surface area contributed by atoms with E-state index in [9.17, 15) is 4.79 Å². The van der Waals surface area contributed by atoms with Crippen LogP contribution in [0.25, 0.3) is 21.8 Å². The second-order valence-corrected chi connectivity index (χ2v) is 5.98. The van der Waals surface area contributed by atoms with E-state index in [4.69, 9.17) is 0 Å². The smallest absolute Gasteiger partial charge is 0.248 e. The molecule has 0 saturated heterocycles. The third-order valence-electron chi connectivity index (χ3n) is 4.09. The van der Waals surface area contributed by atoms with Gasteiger partial charge in [0.15, 0.2) is 0 Å². The lowest BCUT2D eigenvalue weighted by atomic mass is 10.2. The maximum Gasteiger partial charge on any atom is 0.248 e. The molecule has 0 spiro atoms. The molecule has 0 aliphatic carbocycles. The van der Waals surface area contributed by atoms with Crippen LogP contribution in [0.3, 0.4) is 0 Å². The number of allylic oxidation sites excluding steroid dienone is 1. The molecule has 4 aromatic rings. The average Bonchev–Trinajstić information content (AvgIpc) is 2.68. The van der Waals surface area contributed by atoms with E-state index in [1.165, 1.54) is 12.4 Å². The first-order valence-electron chi connectivity index (χ1n) is 8.53. The molecule has 6 heteroatoms. The third-order valence-corrected chi connectivity index (χ3v) is 4.09. The van der Waals surface area contributed by atoms with Crippen LogP contribution in [0.2, 0.25) is 0 Å². The van der Waals surface area contributed by atoms with Crippen LogP contribution in [0, 0.1) is 0 Å². The fourth-order valence-corrected chi connectivity index (χ4v) is 2.86. The van der Waals surface area contributed by atoms with E-state index >= 15 is 0 Å². The second kappa shape index (κ2) is 7.21. The van der Waals surface area contributed by atoms with Crippen molar-refractivity contribution in [2.75, 3.05) is 10.6 Å². The summed E-state index contributed by atoms with van der Waals surface area (Å²) in [6.07, 6.45) is 6.47. The molecular formula is C21H17N5O. The molecule has 0 bridgehead atoms. The second-order valence-electron chi connectivity index (χ2n) is 5.98. The lowest BCUT2D eigenvalue weighted by molar-refractivity contribution is -0.111. The molecule has 4 rings (SSSR count). The molecule has 27 heavy (non-hydrogen) atoms. The van der Waals surface area contributed by atoms with Crippen molar-refractivity contribution >= 4 is 44.9 Å². The number of pyridine rings is 1. The van der Waals surface area contributed by atoms with Gasteiger partial charge in [-0.05, 0) is 55.5 Å². The van der Waals surface area contributed by atoms with Crippen molar-refractivity contribution in [3.63, 3.8) is 0 Å². The topological polar surface area (TPSA) is 79.8 Å². The molecule has 0 aliphatic rings. The van der Waals surface area contributed by atoms with Crippen molar-refractivity contribution in [1.29, 1.82) is 0 Å². The lowest BCUT2D eigenvalue weighted by Crippen LogP contribution is -2.07. The SMILES string of the molecule is CC=CC(=O)Nc1ccc2ncnc(Nc3ccc4ncccc4c3)c2c1. The number of carbonyl (C=O) groups is 1. The number of anilines is 3. The van der Waals surface area contributed by atoms with Crippen LogP contribution in [-0.2, 0) is 4.79 Å². The summed E-state index contributed by atoms with van der Waals surface area (Å²) < 4.78 is 0. The molecule has 0 saturated carbocycles. The van der Waals surface area contributed by atoms with Crippen LogP contribution >= 0.6 is 0 Å². The molecule has 132 valence electrons. The molecule has 0 atom stereocenters. The summed E-state index contributed by atoms with van der Waals surface area (Å²) in [5.41, 5.74) is 3.31. The van der Waals surface area contributed by atoms with Gasteiger partial charge >= 0.3 is 0 Å². The Bertz CT molecular complexity index is 1170. The predicted molar refractivity (Wildman–Crippen MR) is 108 cm³/mol. The number of amides is 1. The molecule has 1 amide bonds.